The molecule has 30 heavy (non-hydrogen) atoms. The molecule has 3 nitrogen and oxygen atoms in total. The molecule has 1 aromatic rings. The third-order valence-electron chi connectivity index (χ3n) is 7.78. The topological polar surface area (TPSA) is 43.4 Å². The van der Waals surface area contributed by atoms with E-state index in [1.807, 2.05) is 0 Å². The van der Waals surface area contributed by atoms with Gasteiger partial charge in [0.25, 0.3) is 0 Å². The van der Waals surface area contributed by atoms with Gasteiger partial charge in [-0.25, -0.2) is 13.2 Å². The second-order valence-corrected chi connectivity index (χ2v) is 9.23. The van der Waals surface area contributed by atoms with E-state index in [0.29, 0.717) is 43.1 Å². The number of carbonyl (C=O) groups is 2. The van der Waals surface area contributed by atoms with Crippen molar-refractivity contribution < 1.29 is 27.5 Å². The largest absolute Gasteiger partial charge is 0.485 e. The van der Waals surface area contributed by atoms with Crippen molar-refractivity contribution in [1.29, 1.82) is 0 Å². The van der Waals surface area contributed by atoms with Crippen molar-refractivity contribution in [2.24, 2.45) is 17.3 Å². The molecule has 3 fully saturated rings. The monoisotopic (exact) mass is 422 g/mol. The molecule has 0 aliphatic heterocycles. The SMILES string of the molecule is O=C1CCC(=O)C12CCC(C1CCC(c3cc(F)c(OCCF)c(F)c3)CC1)CC2. The smallest absolute Gasteiger partial charge is 0.190 e. The molecular formula is C24H29F3O3. The molecule has 0 N–H and O–H groups in total. The summed E-state index contributed by atoms with van der Waals surface area (Å²) >= 11 is 0. The Labute approximate surface area is 175 Å². The molecule has 0 amide bonds. The first-order chi connectivity index (χ1) is 14.4. The highest BCUT2D eigenvalue weighted by Crippen LogP contribution is 2.50. The van der Waals surface area contributed by atoms with Crippen molar-refractivity contribution in [3.63, 3.8) is 0 Å². The predicted molar refractivity (Wildman–Crippen MR) is 106 cm³/mol. The Morgan fingerprint density at radius 2 is 1.40 bits per heavy atom. The van der Waals surface area contributed by atoms with Gasteiger partial charge in [-0.15, -0.1) is 0 Å². The number of halogens is 3. The summed E-state index contributed by atoms with van der Waals surface area (Å²) < 4.78 is 45.5. The zero-order valence-corrected chi connectivity index (χ0v) is 17.2. The van der Waals surface area contributed by atoms with Gasteiger partial charge in [0.15, 0.2) is 17.4 Å². The lowest BCUT2D eigenvalue weighted by Crippen LogP contribution is -2.38. The van der Waals surface area contributed by atoms with Crippen molar-refractivity contribution in [1.82, 2.24) is 0 Å². The molecule has 0 heterocycles. The molecule has 164 valence electrons. The molecule has 3 aliphatic rings. The molecule has 0 radical (unpaired) electrons. The number of hydrogen-bond acceptors (Lipinski definition) is 3. The molecule has 0 unspecified atom stereocenters. The highest BCUT2D eigenvalue weighted by Gasteiger charge is 2.51. The number of ketones is 2. The third-order valence-corrected chi connectivity index (χ3v) is 7.78. The summed E-state index contributed by atoms with van der Waals surface area (Å²) in [5.41, 5.74) is -0.0323. The Morgan fingerprint density at radius 1 is 0.867 bits per heavy atom. The van der Waals surface area contributed by atoms with Crippen molar-refractivity contribution >= 4 is 11.6 Å². The quantitative estimate of drug-likeness (QED) is 0.572. The minimum atomic E-state index is -0.796. The van der Waals surface area contributed by atoms with Crippen LogP contribution in [0.1, 0.15) is 75.7 Å². The molecule has 0 bridgehead atoms. The predicted octanol–water partition coefficient (Wildman–Crippen LogP) is 5.70. The van der Waals surface area contributed by atoms with E-state index >= 15 is 0 Å². The molecule has 1 aromatic carbocycles. The number of carbonyl (C=O) groups excluding carboxylic acids is 2. The average molecular weight is 422 g/mol. The van der Waals surface area contributed by atoms with Crippen LogP contribution >= 0.6 is 0 Å². The number of ether oxygens (including phenoxy) is 1. The standard InChI is InChI=1S/C24H29F3O3/c25-11-12-30-23-19(26)13-18(14-20(23)27)16-3-1-15(2-4-16)17-7-9-24(10-8-17)21(28)5-6-22(24)29/h13-17H,1-12H2. The molecule has 3 saturated carbocycles. The van der Waals surface area contributed by atoms with E-state index in [1.165, 1.54) is 12.1 Å². The van der Waals surface area contributed by atoms with E-state index in [4.69, 9.17) is 4.74 Å². The van der Waals surface area contributed by atoms with Gasteiger partial charge in [-0.2, -0.15) is 0 Å². The van der Waals surface area contributed by atoms with Gasteiger partial charge in [-0.05, 0) is 86.8 Å². The van der Waals surface area contributed by atoms with Crippen molar-refractivity contribution in [2.75, 3.05) is 13.3 Å². The summed E-state index contributed by atoms with van der Waals surface area (Å²) in [4.78, 5) is 24.5. The third kappa shape index (κ3) is 3.90. The first-order valence-electron chi connectivity index (χ1n) is 11.2. The summed E-state index contributed by atoms with van der Waals surface area (Å²) in [6.07, 6.45) is 7.81. The van der Waals surface area contributed by atoms with Crippen LogP contribution in [0.2, 0.25) is 0 Å². The van der Waals surface area contributed by atoms with Gasteiger partial charge in [0, 0.05) is 12.8 Å². The second-order valence-electron chi connectivity index (χ2n) is 9.23. The van der Waals surface area contributed by atoms with Crippen LogP contribution in [0.3, 0.4) is 0 Å². The Morgan fingerprint density at radius 3 is 1.93 bits per heavy atom. The normalized spacial score (nSPS) is 27.0. The molecule has 3 aliphatic carbocycles. The molecule has 0 saturated heterocycles. The van der Waals surface area contributed by atoms with Crippen LogP contribution in [0.5, 0.6) is 5.75 Å². The van der Waals surface area contributed by atoms with Gasteiger partial charge in [-0.1, -0.05) is 0 Å². The summed E-state index contributed by atoms with van der Waals surface area (Å²) in [5, 5.41) is 0. The molecule has 0 atom stereocenters. The maximum absolute atomic E-state index is 14.2. The summed E-state index contributed by atoms with van der Waals surface area (Å²) in [5.74, 6) is -0.566. The molecular weight excluding hydrogens is 393 g/mol. The zero-order chi connectivity index (χ0) is 21.3. The second kappa shape index (κ2) is 8.72. The summed E-state index contributed by atoms with van der Waals surface area (Å²) in [7, 11) is 0. The van der Waals surface area contributed by atoms with Gasteiger partial charge in [0.05, 0.1) is 5.41 Å². The minimum Gasteiger partial charge on any atom is -0.485 e. The van der Waals surface area contributed by atoms with Crippen LogP contribution in [0.15, 0.2) is 12.1 Å². The highest BCUT2D eigenvalue weighted by molar-refractivity contribution is 6.12. The number of alkyl halides is 1. The number of hydrogen-bond donors (Lipinski definition) is 0. The summed E-state index contributed by atoms with van der Waals surface area (Å²) in [6, 6.07) is 2.65. The molecule has 0 aromatic heterocycles. The number of rotatable bonds is 5. The molecule has 4 rings (SSSR count). The summed E-state index contributed by atoms with van der Waals surface area (Å²) in [6.45, 7) is -1.16. The van der Waals surface area contributed by atoms with E-state index in [-0.39, 0.29) is 24.1 Å². The maximum atomic E-state index is 14.2. The fourth-order valence-corrected chi connectivity index (χ4v) is 6.04. The number of Topliss-reactive ketones (excluding diaryl/α,β-unsaturated/α-hetero) is 2. The van der Waals surface area contributed by atoms with Gasteiger partial charge in [-0.3, -0.25) is 9.59 Å². The fourth-order valence-electron chi connectivity index (χ4n) is 6.04. The lowest BCUT2D eigenvalue weighted by atomic mass is 9.63. The maximum Gasteiger partial charge on any atom is 0.190 e. The van der Waals surface area contributed by atoms with Crippen molar-refractivity contribution in [3.8, 4) is 5.75 Å². The highest BCUT2D eigenvalue weighted by atomic mass is 19.1. The van der Waals surface area contributed by atoms with E-state index in [1.54, 1.807) is 0 Å². The van der Waals surface area contributed by atoms with Gasteiger partial charge >= 0.3 is 0 Å². The van der Waals surface area contributed by atoms with Gasteiger partial charge in [0.2, 0.25) is 0 Å². The molecule has 6 heteroatoms. The van der Waals surface area contributed by atoms with Crippen molar-refractivity contribution in [2.45, 2.75) is 70.1 Å². The van der Waals surface area contributed by atoms with Crippen LogP contribution in [0, 0.1) is 28.9 Å². The van der Waals surface area contributed by atoms with E-state index in [2.05, 4.69) is 0 Å². The van der Waals surface area contributed by atoms with Crippen LogP contribution < -0.4 is 4.74 Å². The fraction of sp³-hybridized carbons (Fsp3) is 0.667. The first kappa shape index (κ1) is 21.4. The van der Waals surface area contributed by atoms with E-state index in [0.717, 1.165) is 38.5 Å². The zero-order valence-electron chi connectivity index (χ0n) is 17.2. The van der Waals surface area contributed by atoms with Gasteiger partial charge < -0.3 is 4.74 Å². The first-order valence-corrected chi connectivity index (χ1v) is 11.2. The Hall–Kier alpha value is -1.85. The molecule has 1 spiro atoms. The van der Waals surface area contributed by atoms with Crippen LogP contribution in [0.4, 0.5) is 13.2 Å². The average Bonchev–Trinajstić information content (AvgIpc) is 3.02. The lowest BCUT2D eigenvalue weighted by molar-refractivity contribution is -0.138. The van der Waals surface area contributed by atoms with Crippen molar-refractivity contribution in [3.05, 3.63) is 29.3 Å². The van der Waals surface area contributed by atoms with Gasteiger partial charge in [0.1, 0.15) is 24.8 Å². The lowest BCUT2D eigenvalue weighted by Gasteiger charge is -2.40. The minimum absolute atomic E-state index is 0.105. The Bertz CT molecular complexity index is 765. The van der Waals surface area contributed by atoms with Crippen LogP contribution in [-0.4, -0.2) is 24.8 Å². The van der Waals surface area contributed by atoms with E-state index < -0.39 is 29.5 Å². The van der Waals surface area contributed by atoms with Crippen LogP contribution in [-0.2, 0) is 9.59 Å². The van der Waals surface area contributed by atoms with E-state index in [9.17, 15) is 22.8 Å². The Balaban J connectivity index is 1.34. The van der Waals surface area contributed by atoms with Crippen LogP contribution in [0.25, 0.3) is 0 Å². The Kier molecular flexibility index (Phi) is 6.21. The number of benzene rings is 1.